The second-order valence-corrected chi connectivity index (χ2v) is 7.01. The number of esters is 1. The number of hydrogen-bond donors (Lipinski definition) is 0. The lowest BCUT2D eigenvalue weighted by Crippen LogP contribution is -2.04. The number of hydrogen-bond acceptors (Lipinski definition) is 6. The van der Waals surface area contributed by atoms with E-state index in [-0.39, 0.29) is 12.6 Å². The van der Waals surface area contributed by atoms with Gasteiger partial charge in [-0.3, -0.25) is 0 Å². The van der Waals surface area contributed by atoms with E-state index in [0.29, 0.717) is 27.9 Å². The van der Waals surface area contributed by atoms with Crippen LogP contribution in [0, 0.1) is 0 Å². The lowest BCUT2D eigenvalue weighted by Gasteiger charge is -2.08. The Bertz CT molecular complexity index is 945. The minimum atomic E-state index is -0.348. The van der Waals surface area contributed by atoms with Gasteiger partial charge in [0, 0.05) is 12.8 Å². The van der Waals surface area contributed by atoms with Gasteiger partial charge in [0.05, 0.1) is 17.7 Å². The molecule has 1 aromatic heterocycles. The number of ether oxygens (including phenoxy) is 2. The summed E-state index contributed by atoms with van der Waals surface area (Å²) in [6.07, 6.45) is 0. The molecule has 27 heavy (non-hydrogen) atoms. The average molecular weight is 404 g/mol. The molecule has 0 aliphatic carbocycles. The van der Waals surface area contributed by atoms with E-state index in [9.17, 15) is 4.79 Å². The monoisotopic (exact) mass is 403 g/mol. The fourth-order valence-corrected chi connectivity index (χ4v) is 3.42. The van der Waals surface area contributed by atoms with Crippen LogP contribution in [0.5, 0.6) is 5.75 Å². The van der Waals surface area contributed by atoms with Gasteiger partial charge in [-0.25, -0.2) is 4.79 Å². The first-order chi connectivity index (χ1) is 13.1. The zero-order chi connectivity index (χ0) is 19.2. The Kier molecular flexibility index (Phi) is 6.36. The third-order valence-electron chi connectivity index (χ3n) is 3.83. The smallest absolute Gasteiger partial charge is 0.337 e. The summed E-state index contributed by atoms with van der Waals surface area (Å²) in [5, 5.41) is 9.71. The average Bonchev–Trinajstić information content (AvgIpc) is 3.05. The number of para-hydroxylation sites is 1. The second kappa shape index (κ2) is 8.92. The van der Waals surface area contributed by atoms with Gasteiger partial charge < -0.3 is 14.0 Å². The Hall–Kier alpha value is -2.51. The molecular weight excluding hydrogens is 386 g/mol. The number of rotatable bonds is 7. The van der Waals surface area contributed by atoms with E-state index in [4.69, 9.17) is 21.1 Å². The molecule has 140 valence electrons. The predicted octanol–water partition coefficient (Wildman–Crippen LogP) is 4.13. The number of methoxy groups -OCH3 is 1. The van der Waals surface area contributed by atoms with Crippen LogP contribution in [0.3, 0.4) is 0 Å². The van der Waals surface area contributed by atoms with Gasteiger partial charge in [-0.15, -0.1) is 10.2 Å². The number of halogens is 1. The molecule has 3 aromatic rings. The molecule has 0 saturated carbocycles. The van der Waals surface area contributed by atoms with Crippen LogP contribution in [-0.2, 0) is 24.1 Å². The molecule has 0 unspecified atom stereocenters. The highest BCUT2D eigenvalue weighted by Crippen LogP contribution is 2.25. The first-order valence-electron chi connectivity index (χ1n) is 8.14. The Morgan fingerprint density at radius 1 is 1.19 bits per heavy atom. The molecule has 2 aromatic carbocycles. The number of carbonyl (C=O) groups excluding carboxylic acids is 1. The molecule has 3 rings (SSSR count). The van der Waals surface area contributed by atoms with Gasteiger partial charge in [-0.1, -0.05) is 47.6 Å². The molecule has 0 N–H and O–H groups in total. The fraction of sp³-hybridized carbons (Fsp3) is 0.211. The first kappa shape index (κ1) is 19.3. The summed E-state index contributed by atoms with van der Waals surface area (Å²) >= 11 is 7.62. The maximum atomic E-state index is 11.6. The summed E-state index contributed by atoms with van der Waals surface area (Å²) in [6, 6.07) is 14.6. The van der Waals surface area contributed by atoms with Crippen molar-refractivity contribution in [2.45, 2.75) is 17.5 Å². The predicted molar refractivity (Wildman–Crippen MR) is 104 cm³/mol. The van der Waals surface area contributed by atoms with E-state index in [1.807, 2.05) is 48.0 Å². The summed E-state index contributed by atoms with van der Waals surface area (Å²) in [5.74, 6) is 1.61. The van der Waals surface area contributed by atoms with Crippen molar-refractivity contribution in [1.29, 1.82) is 0 Å². The summed E-state index contributed by atoms with van der Waals surface area (Å²) in [5.41, 5.74) is 1.53. The van der Waals surface area contributed by atoms with Gasteiger partial charge >= 0.3 is 5.97 Å². The Morgan fingerprint density at radius 2 is 2.00 bits per heavy atom. The van der Waals surface area contributed by atoms with Crippen LogP contribution in [0.1, 0.15) is 21.7 Å². The van der Waals surface area contributed by atoms with Crippen molar-refractivity contribution in [2.75, 3.05) is 7.11 Å². The quantitative estimate of drug-likeness (QED) is 0.436. The van der Waals surface area contributed by atoms with Gasteiger partial charge in [0.2, 0.25) is 0 Å². The van der Waals surface area contributed by atoms with Gasteiger partial charge in [-0.2, -0.15) is 0 Å². The lowest BCUT2D eigenvalue weighted by molar-refractivity contribution is 0.0600. The van der Waals surface area contributed by atoms with Crippen LogP contribution in [0.2, 0.25) is 5.02 Å². The highest BCUT2D eigenvalue weighted by Gasteiger charge is 2.12. The molecular formula is C19H18ClN3O3S. The number of carbonyl (C=O) groups is 1. The standard InChI is InChI=1S/C19H18ClN3O3S/c1-23-17(11-26-16-9-4-3-8-15(16)20)21-22-19(23)27-12-13-6-5-7-14(10-13)18(24)25-2/h3-10H,11-12H2,1-2H3. The van der Waals surface area contributed by atoms with Crippen molar-refractivity contribution in [3.63, 3.8) is 0 Å². The molecule has 0 saturated heterocycles. The van der Waals surface area contributed by atoms with E-state index < -0.39 is 0 Å². The topological polar surface area (TPSA) is 66.2 Å². The normalized spacial score (nSPS) is 10.6. The molecule has 6 nitrogen and oxygen atoms in total. The van der Waals surface area contributed by atoms with Crippen LogP contribution < -0.4 is 4.74 Å². The molecule has 0 amide bonds. The Balaban J connectivity index is 1.62. The summed E-state index contributed by atoms with van der Waals surface area (Å²) in [4.78, 5) is 11.6. The van der Waals surface area contributed by atoms with Crippen molar-refractivity contribution >= 4 is 29.3 Å². The highest BCUT2D eigenvalue weighted by molar-refractivity contribution is 7.98. The van der Waals surface area contributed by atoms with Gasteiger partial charge in [0.1, 0.15) is 12.4 Å². The van der Waals surface area contributed by atoms with E-state index in [1.54, 1.807) is 12.1 Å². The van der Waals surface area contributed by atoms with Gasteiger partial charge in [-0.05, 0) is 29.8 Å². The molecule has 0 fully saturated rings. The van der Waals surface area contributed by atoms with Gasteiger partial charge in [0.25, 0.3) is 0 Å². The highest BCUT2D eigenvalue weighted by atomic mass is 35.5. The zero-order valence-corrected chi connectivity index (χ0v) is 16.5. The van der Waals surface area contributed by atoms with Crippen molar-refractivity contribution in [1.82, 2.24) is 14.8 Å². The molecule has 1 heterocycles. The summed E-state index contributed by atoms with van der Waals surface area (Å²) in [7, 11) is 3.26. The Labute approximate surface area is 166 Å². The maximum Gasteiger partial charge on any atom is 0.337 e. The van der Waals surface area contributed by atoms with Crippen LogP contribution in [0.25, 0.3) is 0 Å². The first-order valence-corrected chi connectivity index (χ1v) is 9.50. The maximum absolute atomic E-state index is 11.6. The van der Waals surface area contributed by atoms with Crippen LogP contribution in [0.4, 0.5) is 0 Å². The zero-order valence-electron chi connectivity index (χ0n) is 14.9. The van der Waals surface area contributed by atoms with Crippen LogP contribution in [0.15, 0.2) is 53.7 Å². The van der Waals surface area contributed by atoms with Crippen LogP contribution in [-0.4, -0.2) is 27.8 Å². The Morgan fingerprint density at radius 3 is 2.78 bits per heavy atom. The minimum Gasteiger partial charge on any atom is -0.484 e. The van der Waals surface area contributed by atoms with E-state index in [2.05, 4.69) is 10.2 Å². The molecule has 0 aliphatic rings. The summed E-state index contributed by atoms with van der Waals surface area (Å²) in [6.45, 7) is 0.269. The van der Waals surface area contributed by atoms with Gasteiger partial charge in [0.15, 0.2) is 11.0 Å². The third kappa shape index (κ3) is 4.81. The van der Waals surface area contributed by atoms with E-state index in [1.165, 1.54) is 18.9 Å². The number of benzene rings is 2. The van der Waals surface area contributed by atoms with Crippen molar-refractivity contribution in [3.8, 4) is 5.75 Å². The largest absolute Gasteiger partial charge is 0.484 e. The third-order valence-corrected chi connectivity index (χ3v) is 5.24. The molecule has 0 atom stereocenters. The molecule has 0 aliphatic heterocycles. The SMILES string of the molecule is COC(=O)c1cccc(CSc2nnc(COc3ccccc3Cl)n2C)c1. The second-order valence-electron chi connectivity index (χ2n) is 5.66. The van der Waals surface area contributed by atoms with E-state index in [0.717, 1.165) is 10.7 Å². The van der Waals surface area contributed by atoms with Crippen LogP contribution >= 0.6 is 23.4 Å². The number of thioether (sulfide) groups is 1. The van der Waals surface area contributed by atoms with Crippen molar-refractivity contribution in [2.24, 2.45) is 7.05 Å². The molecule has 0 spiro atoms. The van der Waals surface area contributed by atoms with Crippen molar-refractivity contribution < 1.29 is 14.3 Å². The lowest BCUT2D eigenvalue weighted by atomic mass is 10.1. The molecule has 0 radical (unpaired) electrons. The molecule has 0 bridgehead atoms. The van der Waals surface area contributed by atoms with E-state index >= 15 is 0 Å². The number of aromatic nitrogens is 3. The minimum absolute atomic E-state index is 0.269. The number of nitrogens with zero attached hydrogens (tertiary/aromatic N) is 3. The van der Waals surface area contributed by atoms with Crippen molar-refractivity contribution in [3.05, 3.63) is 70.5 Å². The summed E-state index contributed by atoms with van der Waals surface area (Å²) < 4.78 is 12.4. The fourth-order valence-electron chi connectivity index (χ4n) is 2.35. The molecule has 8 heteroatoms.